The summed E-state index contributed by atoms with van der Waals surface area (Å²) in [6.07, 6.45) is 6.11. The number of carbonyl (C=O) groups excluding carboxylic acids is 1. The van der Waals surface area contributed by atoms with Crippen LogP contribution in [-0.2, 0) is 9.53 Å². The van der Waals surface area contributed by atoms with E-state index in [1.807, 2.05) is 13.8 Å². The van der Waals surface area contributed by atoms with Crippen LogP contribution in [0.25, 0.3) is 0 Å². The normalized spacial score (nSPS) is 23.3. The number of hydrogen-bond acceptors (Lipinski definition) is 4. The Morgan fingerprint density at radius 3 is 2.67 bits per heavy atom. The second-order valence-corrected chi connectivity index (χ2v) is 6.46. The van der Waals surface area contributed by atoms with E-state index < -0.39 is 5.54 Å². The standard InChI is InChI=1S/C17H34N2O2/c1-5-11-18-17(4,16(20)21-7-3)14-19-12-8-9-15(6-2)10-13-19/h15,18H,5-14H2,1-4H3. The highest BCUT2D eigenvalue weighted by atomic mass is 16.5. The molecule has 0 bridgehead atoms. The van der Waals surface area contributed by atoms with Gasteiger partial charge in [-0.3, -0.25) is 4.79 Å². The first-order valence-corrected chi connectivity index (χ1v) is 8.70. The minimum absolute atomic E-state index is 0.116. The molecule has 1 saturated heterocycles. The summed E-state index contributed by atoms with van der Waals surface area (Å²) < 4.78 is 5.29. The van der Waals surface area contributed by atoms with Crippen LogP contribution in [0.2, 0.25) is 0 Å². The fourth-order valence-corrected chi connectivity index (χ4v) is 3.12. The number of rotatable bonds is 8. The van der Waals surface area contributed by atoms with E-state index >= 15 is 0 Å². The SMILES string of the molecule is CCCNC(C)(CN1CCCC(CC)CC1)C(=O)OCC. The lowest BCUT2D eigenvalue weighted by molar-refractivity contribution is -0.151. The van der Waals surface area contributed by atoms with Crippen molar-refractivity contribution in [1.29, 1.82) is 0 Å². The summed E-state index contributed by atoms with van der Waals surface area (Å²) in [6.45, 7) is 12.5. The maximum atomic E-state index is 12.3. The average Bonchev–Trinajstić information content (AvgIpc) is 2.70. The second-order valence-electron chi connectivity index (χ2n) is 6.46. The van der Waals surface area contributed by atoms with Crippen molar-refractivity contribution in [2.24, 2.45) is 5.92 Å². The zero-order valence-electron chi connectivity index (χ0n) is 14.4. The average molecular weight is 298 g/mol. The van der Waals surface area contributed by atoms with E-state index in [0.29, 0.717) is 6.61 Å². The van der Waals surface area contributed by atoms with Gasteiger partial charge in [-0.15, -0.1) is 0 Å². The van der Waals surface area contributed by atoms with E-state index in [1.54, 1.807) is 0 Å². The molecule has 1 aliphatic rings. The molecular weight excluding hydrogens is 264 g/mol. The lowest BCUT2D eigenvalue weighted by Crippen LogP contribution is -2.58. The van der Waals surface area contributed by atoms with Gasteiger partial charge in [-0.2, -0.15) is 0 Å². The maximum absolute atomic E-state index is 12.3. The molecule has 1 fully saturated rings. The highest BCUT2D eigenvalue weighted by Gasteiger charge is 2.36. The number of esters is 1. The Balaban J connectivity index is 2.64. The topological polar surface area (TPSA) is 41.6 Å². The van der Waals surface area contributed by atoms with Gasteiger partial charge >= 0.3 is 5.97 Å². The Kier molecular flexibility index (Phi) is 8.27. The molecule has 21 heavy (non-hydrogen) atoms. The minimum Gasteiger partial charge on any atom is -0.465 e. The second kappa shape index (κ2) is 9.42. The van der Waals surface area contributed by atoms with Gasteiger partial charge in [0.2, 0.25) is 0 Å². The molecule has 0 aromatic heterocycles. The number of nitrogens with one attached hydrogen (secondary N) is 1. The molecule has 4 nitrogen and oxygen atoms in total. The van der Waals surface area contributed by atoms with Crippen LogP contribution in [0.15, 0.2) is 0 Å². The molecule has 124 valence electrons. The number of ether oxygens (including phenoxy) is 1. The highest BCUT2D eigenvalue weighted by molar-refractivity contribution is 5.80. The molecule has 1 aliphatic heterocycles. The number of likely N-dealkylation sites (tertiary alicyclic amines) is 1. The third kappa shape index (κ3) is 5.95. The predicted molar refractivity (Wildman–Crippen MR) is 87.4 cm³/mol. The molecule has 0 aromatic carbocycles. The van der Waals surface area contributed by atoms with E-state index in [1.165, 1.54) is 25.7 Å². The van der Waals surface area contributed by atoms with E-state index in [4.69, 9.17) is 4.74 Å². The monoisotopic (exact) mass is 298 g/mol. The molecule has 1 N–H and O–H groups in total. The van der Waals surface area contributed by atoms with Gasteiger partial charge in [-0.1, -0.05) is 20.3 Å². The molecule has 0 spiro atoms. The zero-order chi connectivity index (χ0) is 15.7. The zero-order valence-corrected chi connectivity index (χ0v) is 14.4. The van der Waals surface area contributed by atoms with Gasteiger partial charge in [-0.05, 0) is 65.1 Å². The van der Waals surface area contributed by atoms with Gasteiger partial charge in [-0.25, -0.2) is 0 Å². The third-order valence-corrected chi connectivity index (χ3v) is 4.55. The summed E-state index contributed by atoms with van der Waals surface area (Å²) in [5, 5.41) is 3.41. The predicted octanol–water partition coefficient (Wildman–Crippen LogP) is 2.82. The summed E-state index contributed by atoms with van der Waals surface area (Å²) in [5.41, 5.74) is -0.585. The Hall–Kier alpha value is -0.610. The van der Waals surface area contributed by atoms with Gasteiger partial charge in [0.1, 0.15) is 5.54 Å². The van der Waals surface area contributed by atoms with Crippen LogP contribution in [0.4, 0.5) is 0 Å². The summed E-state index contributed by atoms with van der Waals surface area (Å²) >= 11 is 0. The van der Waals surface area contributed by atoms with Crippen LogP contribution in [0.3, 0.4) is 0 Å². The van der Waals surface area contributed by atoms with Crippen molar-refractivity contribution in [2.75, 3.05) is 32.8 Å². The number of hydrogen-bond donors (Lipinski definition) is 1. The fourth-order valence-electron chi connectivity index (χ4n) is 3.12. The largest absolute Gasteiger partial charge is 0.465 e. The number of nitrogens with zero attached hydrogens (tertiary/aromatic N) is 1. The van der Waals surface area contributed by atoms with Crippen LogP contribution in [0.1, 0.15) is 59.8 Å². The summed E-state index contributed by atoms with van der Waals surface area (Å²) in [4.78, 5) is 14.8. The molecule has 1 rings (SSSR count). The quantitative estimate of drug-likeness (QED) is 0.700. The molecule has 0 amide bonds. The van der Waals surface area contributed by atoms with Crippen molar-refractivity contribution in [3.8, 4) is 0 Å². The molecule has 4 heteroatoms. The molecule has 2 unspecified atom stereocenters. The lowest BCUT2D eigenvalue weighted by atomic mass is 9.98. The van der Waals surface area contributed by atoms with Crippen LogP contribution < -0.4 is 5.32 Å². The van der Waals surface area contributed by atoms with Gasteiger partial charge < -0.3 is 15.0 Å². The summed E-state index contributed by atoms with van der Waals surface area (Å²) in [6, 6.07) is 0. The molecule has 0 aliphatic carbocycles. The van der Waals surface area contributed by atoms with E-state index in [9.17, 15) is 4.79 Å². The Morgan fingerprint density at radius 2 is 2.05 bits per heavy atom. The van der Waals surface area contributed by atoms with Crippen LogP contribution in [0.5, 0.6) is 0 Å². The van der Waals surface area contributed by atoms with E-state index in [-0.39, 0.29) is 5.97 Å². The summed E-state index contributed by atoms with van der Waals surface area (Å²) in [7, 11) is 0. The Bertz CT molecular complexity index is 309. The van der Waals surface area contributed by atoms with E-state index in [0.717, 1.165) is 38.5 Å². The molecule has 1 heterocycles. The van der Waals surface area contributed by atoms with Gasteiger partial charge in [0.25, 0.3) is 0 Å². The van der Waals surface area contributed by atoms with Crippen molar-refractivity contribution in [3.63, 3.8) is 0 Å². The fraction of sp³-hybridized carbons (Fsp3) is 0.941. The van der Waals surface area contributed by atoms with Crippen LogP contribution in [0, 0.1) is 5.92 Å². The Labute approximate surface area is 130 Å². The first kappa shape index (κ1) is 18.4. The summed E-state index contributed by atoms with van der Waals surface area (Å²) in [5.74, 6) is 0.738. The van der Waals surface area contributed by atoms with Gasteiger partial charge in [0, 0.05) is 6.54 Å². The lowest BCUT2D eigenvalue weighted by Gasteiger charge is -2.34. The Morgan fingerprint density at radius 1 is 1.29 bits per heavy atom. The van der Waals surface area contributed by atoms with Gasteiger partial charge in [0.05, 0.1) is 6.61 Å². The third-order valence-electron chi connectivity index (χ3n) is 4.55. The van der Waals surface area contributed by atoms with Crippen molar-refractivity contribution in [3.05, 3.63) is 0 Å². The molecular formula is C17H34N2O2. The van der Waals surface area contributed by atoms with Gasteiger partial charge in [0.15, 0.2) is 0 Å². The molecule has 0 radical (unpaired) electrons. The smallest absolute Gasteiger partial charge is 0.327 e. The first-order valence-electron chi connectivity index (χ1n) is 8.70. The van der Waals surface area contributed by atoms with Crippen molar-refractivity contribution < 1.29 is 9.53 Å². The van der Waals surface area contributed by atoms with Crippen molar-refractivity contribution in [1.82, 2.24) is 10.2 Å². The number of carbonyl (C=O) groups is 1. The first-order chi connectivity index (χ1) is 10.1. The maximum Gasteiger partial charge on any atom is 0.327 e. The molecule has 0 aromatic rings. The van der Waals surface area contributed by atoms with E-state index in [2.05, 4.69) is 24.1 Å². The highest BCUT2D eigenvalue weighted by Crippen LogP contribution is 2.21. The molecule has 2 atom stereocenters. The minimum atomic E-state index is -0.585. The van der Waals surface area contributed by atoms with Crippen molar-refractivity contribution >= 4 is 5.97 Å². The van der Waals surface area contributed by atoms with Crippen molar-refractivity contribution in [2.45, 2.75) is 65.3 Å². The molecule has 0 saturated carbocycles. The van der Waals surface area contributed by atoms with Crippen LogP contribution in [-0.4, -0.2) is 49.2 Å². The van der Waals surface area contributed by atoms with Crippen LogP contribution >= 0.6 is 0 Å².